The van der Waals surface area contributed by atoms with Crippen LogP contribution in [0.25, 0.3) is 0 Å². The lowest BCUT2D eigenvalue weighted by atomic mass is 10.0. The van der Waals surface area contributed by atoms with Crippen LogP contribution >= 0.6 is 27.5 Å². The van der Waals surface area contributed by atoms with Crippen molar-refractivity contribution in [1.82, 2.24) is 4.90 Å². The number of likely N-dealkylation sites (tertiary alicyclic amines) is 1. The van der Waals surface area contributed by atoms with Crippen molar-refractivity contribution in [3.05, 3.63) is 33.3 Å². The van der Waals surface area contributed by atoms with E-state index in [0.29, 0.717) is 12.5 Å². The van der Waals surface area contributed by atoms with Gasteiger partial charge in [0.2, 0.25) is 0 Å². The topological polar surface area (TPSA) is 20.3 Å². The maximum absolute atomic E-state index is 11.5. The summed E-state index contributed by atoms with van der Waals surface area (Å²) in [6, 6.07) is 6.41. The van der Waals surface area contributed by atoms with Crippen LogP contribution in [0, 0.1) is 0 Å². The zero-order valence-electron chi connectivity index (χ0n) is 11.9. The summed E-state index contributed by atoms with van der Waals surface area (Å²) in [5, 5.41) is 0.796. The molecule has 0 bridgehead atoms. The van der Waals surface area contributed by atoms with Crippen LogP contribution < -0.4 is 0 Å². The Balaban J connectivity index is 2.12. The van der Waals surface area contributed by atoms with Crippen molar-refractivity contribution in [2.75, 3.05) is 6.54 Å². The number of benzene rings is 1. The van der Waals surface area contributed by atoms with Gasteiger partial charge in [0, 0.05) is 28.5 Å². The number of hydrogen-bond acceptors (Lipinski definition) is 2. The minimum Gasteiger partial charge on any atom is -0.300 e. The molecule has 0 N–H and O–H groups in total. The van der Waals surface area contributed by atoms with Gasteiger partial charge in [0.1, 0.15) is 5.78 Å². The predicted molar refractivity (Wildman–Crippen MR) is 87.1 cm³/mol. The number of Topliss-reactive ketones (excluding diaryl/α,β-unsaturated/α-hetero) is 1. The van der Waals surface area contributed by atoms with Crippen molar-refractivity contribution in [3.63, 3.8) is 0 Å². The van der Waals surface area contributed by atoms with Crippen LogP contribution in [-0.4, -0.2) is 23.3 Å². The van der Waals surface area contributed by atoms with E-state index in [-0.39, 0.29) is 5.78 Å². The largest absolute Gasteiger partial charge is 0.300 e. The Bertz CT molecular complexity index is 478. The molecule has 110 valence electrons. The molecule has 0 aromatic heterocycles. The Morgan fingerprint density at radius 2 is 2.20 bits per heavy atom. The zero-order chi connectivity index (χ0) is 14.5. The summed E-state index contributed by atoms with van der Waals surface area (Å²) in [6.45, 7) is 3.59. The lowest BCUT2D eigenvalue weighted by Gasteiger charge is -2.29. The van der Waals surface area contributed by atoms with E-state index in [1.165, 1.54) is 19.3 Å². The highest BCUT2D eigenvalue weighted by Gasteiger charge is 2.22. The summed E-state index contributed by atoms with van der Waals surface area (Å²) in [4.78, 5) is 13.9. The smallest absolute Gasteiger partial charge is 0.131 e. The molecule has 20 heavy (non-hydrogen) atoms. The Labute approximate surface area is 134 Å². The lowest BCUT2D eigenvalue weighted by molar-refractivity contribution is -0.118. The molecule has 1 atom stereocenters. The fourth-order valence-electron chi connectivity index (χ4n) is 2.88. The third kappa shape index (κ3) is 4.57. The second-order valence-corrected chi connectivity index (χ2v) is 6.94. The number of halogens is 2. The highest BCUT2D eigenvalue weighted by molar-refractivity contribution is 9.10. The average molecular weight is 359 g/mol. The van der Waals surface area contributed by atoms with E-state index in [2.05, 4.69) is 26.9 Å². The van der Waals surface area contributed by atoms with Gasteiger partial charge >= 0.3 is 0 Å². The fourth-order valence-corrected chi connectivity index (χ4v) is 3.61. The van der Waals surface area contributed by atoms with Gasteiger partial charge in [-0.15, -0.1) is 0 Å². The Kier molecular flexibility index (Phi) is 6.06. The quantitative estimate of drug-likeness (QED) is 0.768. The van der Waals surface area contributed by atoms with Crippen molar-refractivity contribution in [2.45, 2.75) is 51.6 Å². The molecule has 1 unspecified atom stereocenters. The van der Waals surface area contributed by atoms with Gasteiger partial charge in [-0.2, -0.15) is 0 Å². The molecule has 1 aromatic rings. The molecule has 1 heterocycles. The molecule has 1 aliphatic rings. The maximum Gasteiger partial charge on any atom is 0.131 e. The van der Waals surface area contributed by atoms with Gasteiger partial charge in [-0.05, 0) is 44.0 Å². The normalized spacial score (nSPS) is 20.6. The molecular weight excluding hydrogens is 338 g/mol. The van der Waals surface area contributed by atoms with Crippen molar-refractivity contribution in [1.29, 1.82) is 0 Å². The molecule has 1 aliphatic heterocycles. The third-order valence-corrected chi connectivity index (χ3v) is 4.76. The summed E-state index contributed by atoms with van der Waals surface area (Å²) in [6.07, 6.45) is 5.48. The highest BCUT2D eigenvalue weighted by atomic mass is 79.9. The van der Waals surface area contributed by atoms with E-state index in [1.807, 2.05) is 12.1 Å². The highest BCUT2D eigenvalue weighted by Crippen LogP contribution is 2.26. The van der Waals surface area contributed by atoms with Crippen LogP contribution in [-0.2, 0) is 11.3 Å². The van der Waals surface area contributed by atoms with Gasteiger partial charge in [0.05, 0.1) is 0 Å². The van der Waals surface area contributed by atoms with Gasteiger partial charge in [-0.25, -0.2) is 0 Å². The van der Waals surface area contributed by atoms with E-state index >= 15 is 0 Å². The van der Waals surface area contributed by atoms with Crippen molar-refractivity contribution in [3.8, 4) is 0 Å². The second-order valence-electron chi connectivity index (χ2n) is 5.62. The molecule has 1 saturated heterocycles. The fraction of sp³-hybridized carbons (Fsp3) is 0.562. The van der Waals surface area contributed by atoms with Crippen molar-refractivity contribution in [2.24, 2.45) is 0 Å². The van der Waals surface area contributed by atoms with E-state index in [9.17, 15) is 4.79 Å². The van der Waals surface area contributed by atoms with Crippen LogP contribution in [0.1, 0.15) is 44.6 Å². The first-order chi connectivity index (χ1) is 9.56. The molecule has 0 radical (unpaired) electrons. The third-order valence-electron chi connectivity index (χ3n) is 3.91. The number of ketones is 1. The van der Waals surface area contributed by atoms with E-state index in [4.69, 9.17) is 11.6 Å². The predicted octanol–water partition coefficient (Wildman–Crippen LogP) is 4.83. The molecule has 2 nitrogen and oxygen atoms in total. The van der Waals surface area contributed by atoms with Gasteiger partial charge in [0.25, 0.3) is 0 Å². The monoisotopic (exact) mass is 357 g/mol. The molecule has 1 aromatic carbocycles. The average Bonchev–Trinajstić information content (AvgIpc) is 2.58. The molecule has 0 saturated carbocycles. The second kappa shape index (κ2) is 7.58. The van der Waals surface area contributed by atoms with Crippen LogP contribution in [0.15, 0.2) is 22.7 Å². The SMILES string of the molecule is CC(=O)CC1CCCCCN1Cc1ccc(Br)cc1Cl. The number of hydrogen-bond donors (Lipinski definition) is 0. The maximum atomic E-state index is 11.5. The molecule has 0 aliphatic carbocycles. The zero-order valence-corrected chi connectivity index (χ0v) is 14.2. The van der Waals surface area contributed by atoms with Gasteiger partial charge in [-0.3, -0.25) is 9.69 Å². The summed E-state index contributed by atoms with van der Waals surface area (Å²) in [5.74, 6) is 0.281. The minimum atomic E-state index is 0.281. The van der Waals surface area contributed by atoms with Gasteiger partial charge in [0.15, 0.2) is 0 Å². The van der Waals surface area contributed by atoms with Crippen LogP contribution in [0.2, 0.25) is 5.02 Å². The molecule has 0 spiro atoms. The van der Waals surface area contributed by atoms with E-state index in [1.54, 1.807) is 6.92 Å². The summed E-state index contributed by atoms with van der Waals surface area (Å²) >= 11 is 9.76. The first-order valence-corrected chi connectivity index (χ1v) is 8.41. The summed E-state index contributed by atoms with van der Waals surface area (Å²) < 4.78 is 1.00. The number of carbonyl (C=O) groups excluding carboxylic acids is 1. The summed E-state index contributed by atoms with van der Waals surface area (Å²) in [5.41, 5.74) is 1.14. The molecule has 2 rings (SSSR count). The van der Waals surface area contributed by atoms with Crippen LogP contribution in [0.3, 0.4) is 0 Å². The first-order valence-electron chi connectivity index (χ1n) is 7.23. The van der Waals surface area contributed by atoms with E-state index < -0.39 is 0 Å². The van der Waals surface area contributed by atoms with Crippen LogP contribution in [0.5, 0.6) is 0 Å². The Morgan fingerprint density at radius 1 is 1.40 bits per heavy atom. The number of nitrogens with zero attached hydrogens (tertiary/aromatic N) is 1. The number of carbonyl (C=O) groups is 1. The molecule has 1 fully saturated rings. The minimum absolute atomic E-state index is 0.281. The first kappa shape index (κ1) is 16.0. The lowest BCUT2D eigenvalue weighted by Crippen LogP contribution is -2.35. The van der Waals surface area contributed by atoms with Crippen LogP contribution in [0.4, 0.5) is 0 Å². The van der Waals surface area contributed by atoms with Crippen molar-refractivity contribution < 1.29 is 4.79 Å². The molecule has 4 heteroatoms. The van der Waals surface area contributed by atoms with Gasteiger partial charge < -0.3 is 0 Å². The van der Waals surface area contributed by atoms with E-state index in [0.717, 1.165) is 34.6 Å². The molecular formula is C16H21BrClNO. The molecule has 0 amide bonds. The Morgan fingerprint density at radius 3 is 2.90 bits per heavy atom. The Hall–Kier alpha value is -0.380. The van der Waals surface area contributed by atoms with Gasteiger partial charge in [-0.1, -0.05) is 46.4 Å². The summed E-state index contributed by atoms with van der Waals surface area (Å²) in [7, 11) is 0. The number of rotatable bonds is 4. The van der Waals surface area contributed by atoms with Crippen molar-refractivity contribution >= 4 is 33.3 Å². The standard InChI is InChI=1S/C16H21BrClNO/c1-12(20)9-15-5-3-2-4-8-19(15)11-13-6-7-14(17)10-16(13)18/h6-7,10,15H,2-5,8-9,11H2,1H3.